The predicted molar refractivity (Wildman–Crippen MR) is 50.9 cm³/mol. The van der Waals surface area contributed by atoms with Gasteiger partial charge in [0.15, 0.2) is 0 Å². The van der Waals surface area contributed by atoms with E-state index in [0.29, 0.717) is 11.5 Å². The Hall–Kier alpha value is -0.300. The van der Waals surface area contributed by atoms with Gasteiger partial charge in [-0.1, -0.05) is 0 Å². The first-order chi connectivity index (χ1) is 6.11. The minimum atomic E-state index is -0.909. The smallest absolute Gasteiger partial charge is 0.321 e. The van der Waals surface area contributed by atoms with Crippen LogP contribution in [0.1, 0.15) is 0 Å². The fourth-order valence-corrected chi connectivity index (χ4v) is 1.71. The summed E-state index contributed by atoms with van der Waals surface area (Å²) in [6.07, 6.45) is -0.767. The number of rotatable bonds is 7. The molecule has 0 bridgehead atoms. The molecule has 78 valence electrons. The zero-order valence-corrected chi connectivity index (χ0v) is 8.25. The topological polar surface area (TPSA) is 89.8 Å². The van der Waals surface area contributed by atoms with Crippen LogP contribution in [0.5, 0.6) is 0 Å². The van der Waals surface area contributed by atoms with Crippen molar-refractivity contribution in [1.82, 2.24) is 5.32 Å². The first kappa shape index (κ1) is 12.7. The molecule has 5 nitrogen and oxygen atoms in total. The third-order valence-corrected chi connectivity index (χ3v) is 2.64. The van der Waals surface area contributed by atoms with Gasteiger partial charge >= 0.3 is 5.97 Å². The van der Waals surface area contributed by atoms with Crippen LogP contribution in [0.25, 0.3) is 0 Å². The van der Waals surface area contributed by atoms with E-state index in [2.05, 4.69) is 5.32 Å². The molecule has 4 N–H and O–H groups in total. The average Bonchev–Trinajstić information content (AvgIpc) is 2.11. The maximum absolute atomic E-state index is 10.5. The lowest BCUT2D eigenvalue weighted by Crippen LogP contribution is -2.36. The third-order valence-electron chi connectivity index (χ3n) is 1.45. The van der Waals surface area contributed by atoms with E-state index >= 15 is 0 Å². The molecule has 2 unspecified atom stereocenters. The highest BCUT2D eigenvalue weighted by molar-refractivity contribution is 7.99. The normalized spacial score (nSPS) is 15.3. The Morgan fingerprint density at radius 3 is 2.54 bits per heavy atom. The largest absolute Gasteiger partial charge is 0.480 e. The van der Waals surface area contributed by atoms with Gasteiger partial charge < -0.3 is 20.6 Å². The first-order valence-corrected chi connectivity index (χ1v) is 5.04. The number of thioether (sulfide) groups is 1. The van der Waals surface area contributed by atoms with Crippen LogP contribution in [0.15, 0.2) is 0 Å². The Bertz CT molecular complexity index is 155. The molecule has 0 saturated heterocycles. The number of hydrogen-bond donors (Lipinski definition) is 4. The number of hydrogen-bond acceptors (Lipinski definition) is 5. The molecule has 13 heavy (non-hydrogen) atoms. The average molecular weight is 209 g/mol. The van der Waals surface area contributed by atoms with E-state index < -0.39 is 18.1 Å². The summed E-state index contributed by atoms with van der Waals surface area (Å²) < 4.78 is 0. The van der Waals surface area contributed by atoms with Gasteiger partial charge in [-0.3, -0.25) is 4.79 Å². The molecule has 0 radical (unpaired) electrons. The first-order valence-electron chi connectivity index (χ1n) is 3.88. The van der Waals surface area contributed by atoms with Crippen LogP contribution in [0.4, 0.5) is 0 Å². The zero-order valence-electron chi connectivity index (χ0n) is 7.43. The zero-order chi connectivity index (χ0) is 10.3. The lowest BCUT2D eigenvalue weighted by atomic mass is 10.3. The minimum Gasteiger partial charge on any atom is -0.480 e. The van der Waals surface area contributed by atoms with Gasteiger partial charge in [0.05, 0.1) is 12.7 Å². The van der Waals surface area contributed by atoms with Crippen LogP contribution < -0.4 is 5.32 Å². The number of carboxylic acid groups (broad SMARTS) is 1. The van der Waals surface area contributed by atoms with E-state index in [1.54, 1.807) is 7.05 Å². The van der Waals surface area contributed by atoms with Crippen LogP contribution in [0, 0.1) is 0 Å². The molecule has 0 aliphatic heterocycles. The van der Waals surface area contributed by atoms with Crippen molar-refractivity contribution >= 4 is 17.7 Å². The summed E-state index contributed by atoms with van der Waals surface area (Å²) in [5.74, 6) is -0.182. The van der Waals surface area contributed by atoms with Gasteiger partial charge in [-0.05, 0) is 7.05 Å². The second-order valence-corrected chi connectivity index (χ2v) is 3.63. The van der Waals surface area contributed by atoms with Crippen molar-refractivity contribution in [2.45, 2.75) is 12.1 Å². The fraction of sp³-hybridized carbons (Fsp3) is 0.857. The molecule has 0 aliphatic carbocycles. The summed E-state index contributed by atoms with van der Waals surface area (Å²) in [4.78, 5) is 10.5. The van der Waals surface area contributed by atoms with Gasteiger partial charge in [-0.25, -0.2) is 0 Å². The number of carbonyl (C=O) groups is 1. The van der Waals surface area contributed by atoms with Crippen molar-refractivity contribution in [2.24, 2.45) is 0 Å². The van der Waals surface area contributed by atoms with E-state index in [9.17, 15) is 4.79 Å². The molecule has 0 amide bonds. The van der Waals surface area contributed by atoms with Crippen LogP contribution in [-0.4, -0.2) is 58.6 Å². The molecule has 0 aromatic carbocycles. The Kier molecular flexibility index (Phi) is 6.97. The number of nitrogens with one attached hydrogen (secondary N) is 1. The molecular weight excluding hydrogens is 194 g/mol. The molecule has 0 aromatic heterocycles. The van der Waals surface area contributed by atoms with E-state index in [1.807, 2.05) is 0 Å². The van der Waals surface area contributed by atoms with E-state index in [1.165, 1.54) is 11.8 Å². The Labute approximate surface area is 81.1 Å². The summed E-state index contributed by atoms with van der Waals surface area (Å²) in [5.41, 5.74) is 0. The molecule has 0 heterocycles. The second-order valence-electron chi connectivity index (χ2n) is 2.55. The van der Waals surface area contributed by atoms with Crippen LogP contribution in [0.2, 0.25) is 0 Å². The molecule has 0 rings (SSSR count). The quantitative estimate of drug-likeness (QED) is 0.419. The molecule has 0 saturated carbocycles. The van der Waals surface area contributed by atoms with Crippen LogP contribution >= 0.6 is 11.8 Å². The molecule has 2 atom stereocenters. The Morgan fingerprint density at radius 2 is 2.15 bits per heavy atom. The van der Waals surface area contributed by atoms with E-state index in [4.69, 9.17) is 15.3 Å². The summed E-state index contributed by atoms with van der Waals surface area (Å²) in [7, 11) is 1.57. The molecule has 6 heteroatoms. The van der Waals surface area contributed by atoms with Gasteiger partial charge in [0.1, 0.15) is 6.04 Å². The summed E-state index contributed by atoms with van der Waals surface area (Å²) in [6.45, 7) is -0.287. The molecule has 0 aliphatic rings. The maximum atomic E-state index is 10.5. The summed E-state index contributed by atoms with van der Waals surface area (Å²) in [5, 5.41) is 28.7. The van der Waals surface area contributed by atoms with E-state index in [0.717, 1.165) is 0 Å². The number of carboxylic acids is 1. The van der Waals surface area contributed by atoms with Gasteiger partial charge in [0, 0.05) is 11.5 Å². The van der Waals surface area contributed by atoms with Gasteiger partial charge in [0.25, 0.3) is 0 Å². The molecule has 0 fully saturated rings. The maximum Gasteiger partial charge on any atom is 0.321 e. The lowest BCUT2D eigenvalue weighted by molar-refractivity contribution is -0.138. The number of aliphatic carboxylic acids is 1. The monoisotopic (exact) mass is 209 g/mol. The van der Waals surface area contributed by atoms with Gasteiger partial charge in [-0.15, -0.1) is 0 Å². The molecular formula is C7H15NO4S. The van der Waals surface area contributed by atoms with Crippen LogP contribution in [-0.2, 0) is 4.79 Å². The summed E-state index contributed by atoms with van der Waals surface area (Å²) in [6, 6.07) is -0.601. The van der Waals surface area contributed by atoms with Crippen molar-refractivity contribution in [3.8, 4) is 0 Å². The van der Waals surface area contributed by atoms with Crippen molar-refractivity contribution in [1.29, 1.82) is 0 Å². The van der Waals surface area contributed by atoms with E-state index in [-0.39, 0.29) is 6.61 Å². The number of aliphatic hydroxyl groups is 2. The highest BCUT2D eigenvalue weighted by Gasteiger charge is 2.14. The van der Waals surface area contributed by atoms with Gasteiger partial charge in [0.2, 0.25) is 0 Å². The highest BCUT2D eigenvalue weighted by Crippen LogP contribution is 2.05. The van der Waals surface area contributed by atoms with Crippen molar-refractivity contribution < 1.29 is 20.1 Å². The number of likely N-dealkylation sites (N-methyl/N-ethyl adjacent to an activating group) is 1. The van der Waals surface area contributed by atoms with Crippen molar-refractivity contribution in [3.63, 3.8) is 0 Å². The number of aliphatic hydroxyl groups excluding tert-OH is 2. The van der Waals surface area contributed by atoms with Crippen molar-refractivity contribution in [2.75, 3.05) is 25.2 Å². The van der Waals surface area contributed by atoms with Crippen molar-refractivity contribution in [3.05, 3.63) is 0 Å². The Morgan fingerprint density at radius 1 is 1.54 bits per heavy atom. The Balaban J connectivity index is 3.55. The predicted octanol–water partition coefficient (Wildman–Crippen LogP) is -1.25. The second kappa shape index (κ2) is 7.14. The van der Waals surface area contributed by atoms with Crippen LogP contribution in [0.3, 0.4) is 0 Å². The summed E-state index contributed by atoms with van der Waals surface area (Å²) >= 11 is 1.29. The highest BCUT2D eigenvalue weighted by atomic mass is 32.2. The molecule has 0 aromatic rings. The minimum absolute atomic E-state index is 0.287. The van der Waals surface area contributed by atoms with Gasteiger partial charge in [-0.2, -0.15) is 11.8 Å². The molecule has 0 spiro atoms. The lowest BCUT2D eigenvalue weighted by Gasteiger charge is -2.11. The SMILES string of the molecule is CNC(CSCC(O)CO)C(=O)O. The fourth-order valence-electron chi connectivity index (χ4n) is 0.653. The third kappa shape index (κ3) is 5.87. The standard InChI is InChI=1S/C7H15NO4S/c1-8-6(7(11)12)4-13-3-5(10)2-9/h5-6,8-10H,2-4H2,1H3,(H,11,12).